The molecule has 0 aliphatic heterocycles. The van der Waals surface area contributed by atoms with E-state index in [1.165, 1.54) is 4.90 Å². The number of carbonyl (C=O) groups is 3. The highest BCUT2D eigenvalue weighted by molar-refractivity contribution is 5.87. The molecule has 11 nitrogen and oxygen atoms in total. The van der Waals surface area contributed by atoms with Crippen LogP contribution < -0.4 is 16.0 Å². The first kappa shape index (κ1) is 37.5. The fraction of sp³-hybridized carbons (Fsp3) is 0.359. The number of amides is 4. The molecular weight excluding hydrogens is 632 g/mol. The van der Waals surface area contributed by atoms with Gasteiger partial charge in [-0.3, -0.25) is 14.8 Å². The van der Waals surface area contributed by atoms with Crippen LogP contribution in [0.4, 0.5) is 9.59 Å². The van der Waals surface area contributed by atoms with E-state index in [1.807, 2.05) is 92.7 Å². The molecule has 0 unspecified atom stereocenters. The van der Waals surface area contributed by atoms with Gasteiger partial charge in [-0.2, -0.15) is 0 Å². The quantitative estimate of drug-likeness (QED) is 0.122. The first-order valence-corrected chi connectivity index (χ1v) is 17.0. The molecule has 0 saturated heterocycles. The van der Waals surface area contributed by atoms with Crippen LogP contribution in [-0.4, -0.2) is 69.3 Å². The van der Waals surface area contributed by atoms with E-state index < -0.39 is 36.4 Å². The van der Waals surface area contributed by atoms with Crippen LogP contribution in [0, 0.1) is 5.92 Å². The number of ether oxygens (including phenoxy) is 1. The topological polar surface area (TPSA) is 146 Å². The third-order valence-corrected chi connectivity index (χ3v) is 8.60. The van der Waals surface area contributed by atoms with Crippen molar-refractivity contribution in [3.05, 3.63) is 132 Å². The number of alkyl carbamates (subject to hydrolysis) is 1. The second-order valence-corrected chi connectivity index (χ2v) is 12.6. The number of carbonyl (C=O) groups excluding carboxylic acids is 3. The van der Waals surface area contributed by atoms with E-state index in [0.29, 0.717) is 19.3 Å². The van der Waals surface area contributed by atoms with E-state index in [0.717, 1.165) is 22.4 Å². The van der Waals surface area contributed by atoms with E-state index in [2.05, 4.69) is 25.9 Å². The predicted molar refractivity (Wildman–Crippen MR) is 192 cm³/mol. The Hall–Kier alpha value is -5.29. The summed E-state index contributed by atoms with van der Waals surface area (Å²) in [6, 6.07) is 25.8. The van der Waals surface area contributed by atoms with Crippen LogP contribution >= 0.6 is 0 Å². The van der Waals surface area contributed by atoms with Crippen LogP contribution in [0.15, 0.2) is 110 Å². The molecule has 4 amide bonds. The Morgan fingerprint density at radius 2 is 1.48 bits per heavy atom. The maximum Gasteiger partial charge on any atom is 0.407 e. The van der Waals surface area contributed by atoms with Gasteiger partial charge in [0.05, 0.1) is 24.4 Å². The van der Waals surface area contributed by atoms with Crippen molar-refractivity contribution in [2.45, 2.75) is 76.9 Å². The van der Waals surface area contributed by atoms with Crippen molar-refractivity contribution in [2.24, 2.45) is 5.92 Å². The Morgan fingerprint density at radius 3 is 2.10 bits per heavy atom. The molecule has 2 aromatic carbocycles. The van der Waals surface area contributed by atoms with Crippen LogP contribution in [-0.2, 0) is 35.5 Å². The van der Waals surface area contributed by atoms with Gasteiger partial charge in [-0.1, -0.05) is 93.1 Å². The van der Waals surface area contributed by atoms with E-state index in [1.54, 1.807) is 37.8 Å². The van der Waals surface area contributed by atoms with Gasteiger partial charge in [-0.25, -0.2) is 9.59 Å². The molecular formula is C39H48N6O5. The van der Waals surface area contributed by atoms with Crippen molar-refractivity contribution in [2.75, 3.05) is 7.05 Å². The number of rotatable bonds is 17. The molecule has 0 bridgehead atoms. The normalized spacial score (nSPS) is 13.9. The maximum atomic E-state index is 14.0. The van der Waals surface area contributed by atoms with Crippen molar-refractivity contribution in [1.82, 2.24) is 30.8 Å². The number of benzene rings is 2. The lowest BCUT2D eigenvalue weighted by Crippen LogP contribution is -2.56. The average molecular weight is 681 g/mol. The van der Waals surface area contributed by atoms with Crippen molar-refractivity contribution >= 4 is 18.0 Å². The summed E-state index contributed by atoms with van der Waals surface area (Å²) < 4.78 is 5.46. The van der Waals surface area contributed by atoms with Crippen molar-refractivity contribution < 1.29 is 24.2 Å². The van der Waals surface area contributed by atoms with Gasteiger partial charge in [0.15, 0.2) is 0 Å². The Balaban J connectivity index is 1.49. The third-order valence-electron chi connectivity index (χ3n) is 8.60. The monoisotopic (exact) mass is 680 g/mol. The van der Waals surface area contributed by atoms with E-state index in [4.69, 9.17) is 4.74 Å². The number of urea groups is 1. The summed E-state index contributed by atoms with van der Waals surface area (Å²) in [5.41, 5.74) is 3.35. The van der Waals surface area contributed by atoms with Gasteiger partial charge in [0.25, 0.3) is 0 Å². The summed E-state index contributed by atoms with van der Waals surface area (Å²) in [6.45, 7) is 4.19. The molecule has 11 heteroatoms. The minimum Gasteiger partial charge on any atom is -0.445 e. The molecule has 0 saturated carbocycles. The molecule has 4 rings (SSSR count). The van der Waals surface area contributed by atoms with Gasteiger partial charge in [0.1, 0.15) is 12.6 Å². The van der Waals surface area contributed by atoms with E-state index in [-0.39, 0.29) is 31.4 Å². The number of hydrogen-bond acceptors (Lipinski definition) is 7. The van der Waals surface area contributed by atoms with Crippen LogP contribution in [0.5, 0.6) is 0 Å². The molecule has 0 spiro atoms. The van der Waals surface area contributed by atoms with Gasteiger partial charge in [0, 0.05) is 37.2 Å². The lowest BCUT2D eigenvalue weighted by molar-refractivity contribution is -0.125. The molecule has 0 radical (unpaired) electrons. The Kier molecular flexibility index (Phi) is 14.7. The molecule has 0 fully saturated rings. The Labute approximate surface area is 294 Å². The van der Waals surface area contributed by atoms with E-state index >= 15 is 0 Å². The van der Waals surface area contributed by atoms with Crippen LogP contribution in [0.2, 0.25) is 0 Å². The summed E-state index contributed by atoms with van der Waals surface area (Å²) in [4.78, 5) is 50.0. The fourth-order valence-electron chi connectivity index (χ4n) is 5.57. The molecule has 264 valence electrons. The minimum absolute atomic E-state index is 0.0281. The minimum atomic E-state index is -1.06. The third kappa shape index (κ3) is 12.3. The number of aromatic nitrogens is 2. The molecule has 2 aromatic heterocycles. The fourth-order valence-corrected chi connectivity index (χ4v) is 5.57. The summed E-state index contributed by atoms with van der Waals surface area (Å²) in [5, 5.41) is 20.6. The summed E-state index contributed by atoms with van der Waals surface area (Å²) in [5.74, 6) is -0.526. The number of hydrogen-bond donors (Lipinski definition) is 4. The SMILES string of the molecule is CC[C@H](C)[C@H](NC(=O)N(C)Cc1ccccn1)C(=O)N[C@@H](Cc1ccccc1)C[C@H](O)[C@H](Cc1ccccc1)NC(=O)OCc1cccnc1. The number of pyridine rings is 2. The Morgan fingerprint density at radius 1 is 0.820 bits per heavy atom. The number of aliphatic hydroxyl groups is 1. The first-order valence-electron chi connectivity index (χ1n) is 17.0. The highest BCUT2D eigenvalue weighted by Crippen LogP contribution is 2.16. The molecule has 0 aliphatic carbocycles. The summed E-state index contributed by atoms with van der Waals surface area (Å²) in [6.07, 6.45) is 4.74. The lowest BCUT2D eigenvalue weighted by atomic mass is 9.92. The van der Waals surface area contributed by atoms with Crippen molar-refractivity contribution in [3.63, 3.8) is 0 Å². The van der Waals surface area contributed by atoms with Gasteiger partial charge in [-0.05, 0) is 54.5 Å². The van der Waals surface area contributed by atoms with Crippen LogP contribution in [0.3, 0.4) is 0 Å². The summed E-state index contributed by atoms with van der Waals surface area (Å²) in [7, 11) is 1.66. The van der Waals surface area contributed by atoms with Crippen LogP contribution in [0.25, 0.3) is 0 Å². The standard InChI is InChI=1S/C39H48N6O5/c1-4-28(2)36(44-38(48)45(3)26-32-19-11-12-21-41-32)37(47)42-33(22-29-14-7-5-8-15-29)24-35(46)34(23-30-16-9-6-10-17-30)43-39(49)50-27-31-18-13-20-40-25-31/h5-21,25,28,33-36,46H,4,22-24,26-27H2,1-3H3,(H,42,47)(H,43,49)(H,44,48)/t28-,33-,34-,35-,36-/m0/s1. The van der Waals surface area contributed by atoms with Gasteiger partial charge in [-0.15, -0.1) is 0 Å². The van der Waals surface area contributed by atoms with Crippen molar-refractivity contribution in [1.29, 1.82) is 0 Å². The first-order chi connectivity index (χ1) is 24.2. The molecule has 0 aliphatic rings. The van der Waals surface area contributed by atoms with Crippen LogP contribution in [0.1, 0.15) is 49.1 Å². The largest absolute Gasteiger partial charge is 0.445 e. The number of nitrogens with zero attached hydrogens (tertiary/aromatic N) is 3. The zero-order chi connectivity index (χ0) is 35.7. The average Bonchev–Trinajstić information content (AvgIpc) is 3.13. The smallest absolute Gasteiger partial charge is 0.407 e. The summed E-state index contributed by atoms with van der Waals surface area (Å²) >= 11 is 0. The highest BCUT2D eigenvalue weighted by Gasteiger charge is 2.31. The van der Waals surface area contributed by atoms with Gasteiger partial charge >= 0.3 is 12.1 Å². The number of aliphatic hydroxyl groups excluding tert-OH is 1. The number of nitrogens with one attached hydrogen (secondary N) is 3. The molecule has 4 aromatic rings. The maximum absolute atomic E-state index is 14.0. The zero-order valence-electron chi connectivity index (χ0n) is 28.9. The Bertz CT molecular complexity index is 1600. The zero-order valence-corrected chi connectivity index (χ0v) is 28.9. The second kappa shape index (κ2) is 19.6. The molecule has 2 heterocycles. The molecule has 5 atom stereocenters. The lowest BCUT2D eigenvalue weighted by Gasteiger charge is -2.31. The van der Waals surface area contributed by atoms with Gasteiger partial charge < -0.3 is 30.7 Å². The highest BCUT2D eigenvalue weighted by atomic mass is 16.5. The molecule has 50 heavy (non-hydrogen) atoms. The van der Waals surface area contributed by atoms with Crippen molar-refractivity contribution in [3.8, 4) is 0 Å². The van der Waals surface area contributed by atoms with Gasteiger partial charge in [0.2, 0.25) is 5.91 Å². The van der Waals surface area contributed by atoms with E-state index in [9.17, 15) is 19.5 Å². The predicted octanol–water partition coefficient (Wildman–Crippen LogP) is 5.05. The second-order valence-electron chi connectivity index (χ2n) is 12.6. The molecule has 4 N–H and O–H groups in total.